The zero-order valence-electron chi connectivity index (χ0n) is 7.78. The number of ether oxygens (including phenoxy) is 1. The van der Waals surface area contributed by atoms with E-state index in [9.17, 15) is 8.78 Å². The van der Waals surface area contributed by atoms with Crippen molar-refractivity contribution in [2.45, 2.75) is 12.5 Å². The SMILES string of the molecule is N#CCC(O)COc1ccc(F)c(F)c1. The first-order valence-electron chi connectivity index (χ1n) is 4.26. The summed E-state index contributed by atoms with van der Waals surface area (Å²) in [7, 11) is 0. The highest BCUT2D eigenvalue weighted by molar-refractivity contribution is 5.23. The van der Waals surface area contributed by atoms with Gasteiger partial charge in [0.25, 0.3) is 0 Å². The predicted octanol–water partition coefficient (Wildman–Crippen LogP) is 1.62. The van der Waals surface area contributed by atoms with Crippen LogP contribution in [0.25, 0.3) is 0 Å². The molecule has 1 unspecified atom stereocenters. The molecular formula is C10H9F2NO2. The molecule has 0 radical (unpaired) electrons. The smallest absolute Gasteiger partial charge is 0.162 e. The molecule has 0 bridgehead atoms. The first-order valence-corrected chi connectivity index (χ1v) is 4.26. The molecule has 0 aromatic heterocycles. The van der Waals surface area contributed by atoms with Crippen molar-refractivity contribution in [3.8, 4) is 11.8 Å². The Hall–Kier alpha value is -1.67. The van der Waals surface area contributed by atoms with E-state index in [1.165, 1.54) is 6.07 Å². The highest BCUT2D eigenvalue weighted by Crippen LogP contribution is 2.15. The number of halogens is 2. The summed E-state index contributed by atoms with van der Waals surface area (Å²) in [6.07, 6.45) is -0.993. The van der Waals surface area contributed by atoms with Crippen LogP contribution in [0.4, 0.5) is 8.78 Å². The van der Waals surface area contributed by atoms with E-state index in [-0.39, 0.29) is 18.8 Å². The molecule has 0 aliphatic heterocycles. The van der Waals surface area contributed by atoms with E-state index < -0.39 is 17.7 Å². The molecule has 0 saturated carbocycles. The van der Waals surface area contributed by atoms with Gasteiger partial charge in [-0.15, -0.1) is 0 Å². The Labute approximate surface area is 85.5 Å². The van der Waals surface area contributed by atoms with Gasteiger partial charge < -0.3 is 9.84 Å². The van der Waals surface area contributed by atoms with E-state index >= 15 is 0 Å². The molecule has 0 aliphatic carbocycles. The van der Waals surface area contributed by atoms with Crippen LogP contribution in [0.2, 0.25) is 0 Å². The van der Waals surface area contributed by atoms with E-state index in [4.69, 9.17) is 15.1 Å². The van der Waals surface area contributed by atoms with Gasteiger partial charge in [0.2, 0.25) is 0 Å². The second kappa shape index (κ2) is 5.27. The molecule has 3 nitrogen and oxygen atoms in total. The van der Waals surface area contributed by atoms with Gasteiger partial charge in [-0.2, -0.15) is 5.26 Å². The van der Waals surface area contributed by atoms with Gasteiger partial charge in [-0.1, -0.05) is 0 Å². The minimum atomic E-state index is -1.01. The lowest BCUT2D eigenvalue weighted by atomic mass is 10.3. The van der Waals surface area contributed by atoms with Crippen LogP contribution in [0.15, 0.2) is 18.2 Å². The molecule has 0 spiro atoms. The summed E-state index contributed by atoms with van der Waals surface area (Å²) in [6, 6.07) is 4.82. The van der Waals surface area contributed by atoms with Crippen LogP contribution in [0.3, 0.4) is 0 Å². The maximum absolute atomic E-state index is 12.7. The van der Waals surface area contributed by atoms with E-state index in [2.05, 4.69) is 0 Å². The fourth-order valence-electron chi connectivity index (χ4n) is 0.923. The van der Waals surface area contributed by atoms with Gasteiger partial charge in [0.1, 0.15) is 18.5 Å². The van der Waals surface area contributed by atoms with Gasteiger partial charge in [-0.3, -0.25) is 0 Å². The third-order valence-electron chi connectivity index (χ3n) is 1.66. The van der Waals surface area contributed by atoms with Gasteiger partial charge in [-0.05, 0) is 12.1 Å². The van der Waals surface area contributed by atoms with Gasteiger partial charge in [0.05, 0.1) is 12.5 Å². The monoisotopic (exact) mass is 213 g/mol. The van der Waals surface area contributed by atoms with E-state index in [1.54, 1.807) is 6.07 Å². The summed E-state index contributed by atoms with van der Waals surface area (Å²) in [5.41, 5.74) is 0. The van der Waals surface area contributed by atoms with Crippen molar-refractivity contribution in [3.05, 3.63) is 29.8 Å². The molecule has 1 aromatic carbocycles. The van der Waals surface area contributed by atoms with E-state index in [1.807, 2.05) is 0 Å². The lowest BCUT2D eigenvalue weighted by molar-refractivity contribution is 0.111. The molecule has 1 rings (SSSR count). The van der Waals surface area contributed by atoms with E-state index in [0.717, 1.165) is 12.1 Å². The predicted molar refractivity (Wildman–Crippen MR) is 48.1 cm³/mol. The lowest BCUT2D eigenvalue weighted by Crippen LogP contribution is -2.16. The normalized spacial score (nSPS) is 11.9. The molecule has 0 aliphatic rings. The zero-order valence-corrected chi connectivity index (χ0v) is 7.78. The molecule has 0 amide bonds. The van der Waals surface area contributed by atoms with Gasteiger partial charge >= 0.3 is 0 Å². The minimum Gasteiger partial charge on any atom is -0.491 e. The van der Waals surface area contributed by atoms with Crippen molar-refractivity contribution < 1.29 is 18.6 Å². The Balaban J connectivity index is 2.51. The fourth-order valence-corrected chi connectivity index (χ4v) is 0.923. The third kappa shape index (κ3) is 3.52. The van der Waals surface area contributed by atoms with Crippen molar-refractivity contribution in [1.29, 1.82) is 5.26 Å². The van der Waals surface area contributed by atoms with Crippen LogP contribution in [-0.2, 0) is 0 Å². The van der Waals surface area contributed by atoms with Crippen LogP contribution in [-0.4, -0.2) is 17.8 Å². The number of hydrogen-bond donors (Lipinski definition) is 1. The number of aliphatic hydroxyl groups excluding tert-OH is 1. The molecule has 0 heterocycles. The van der Waals surface area contributed by atoms with Crippen molar-refractivity contribution in [2.75, 3.05) is 6.61 Å². The van der Waals surface area contributed by atoms with Crippen molar-refractivity contribution in [2.24, 2.45) is 0 Å². The molecule has 1 atom stereocenters. The molecule has 15 heavy (non-hydrogen) atoms. The first kappa shape index (κ1) is 11.4. The average molecular weight is 213 g/mol. The van der Waals surface area contributed by atoms with Crippen LogP contribution in [0.1, 0.15) is 6.42 Å². The molecular weight excluding hydrogens is 204 g/mol. The zero-order chi connectivity index (χ0) is 11.3. The Kier molecular flexibility index (Phi) is 4.01. The number of rotatable bonds is 4. The largest absolute Gasteiger partial charge is 0.491 e. The number of aliphatic hydroxyl groups is 1. The molecule has 1 N–H and O–H groups in total. The van der Waals surface area contributed by atoms with E-state index in [0.29, 0.717) is 0 Å². The van der Waals surface area contributed by atoms with Crippen molar-refractivity contribution in [1.82, 2.24) is 0 Å². The number of nitriles is 1. The minimum absolute atomic E-state index is 0.0658. The molecule has 5 heteroatoms. The van der Waals surface area contributed by atoms with Gasteiger partial charge in [-0.25, -0.2) is 8.78 Å². The maximum Gasteiger partial charge on any atom is 0.162 e. The second-order valence-electron chi connectivity index (χ2n) is 2.90. The Morgan fingerprint density at radius 3 is 2.73 bits per heavy atom. The summed E-state index contributed by atoms with van der Waals surface area (Å²) in [6.45, 7) is -0.126. The standard InChI is InChI=1S/C10H9F2NO2/c11-9-2-1-8(5-10(9)12)15-6-7(14)3-4-13/h1-2,5,7,14H,3,6H2. The molecule has 0 saturated heterocycles. The van der Waals surface area contributed by atoms with Crippen LogP contribution in [0.5, 0.6) is 5.75 Å². The highest BCUT2D eigenvalue weighted by Gasteiger charge is 2.06. The average Bonchev–Trinajstić information content (AvgIpc) is 2.20. The molecule has 1 aromatic rings. The van der Waals surface area contributed by atoms with Gasteiger partial charge in [0.15, 0.2) is 11.6 Å². The summed E-state index contributed by atoms with van der Waals surface area (Å²) in [4.78, 5) is 0. The van der Waals surface area contributed by atoms with Crippen LogP contribution < -0.4 is 4.74 Å². The summed E-state index contributed by atoms with van der Waals surface area (Å²) in [5, 5.41) is 17.4. The van der Waals surface area contributed by atoms with Gasteiger partial charge in [0, 0.05) is 6.07 Å². The third-order valence-corrected chi connectivity index (χ3v) is 1.66. The summed E-state index contributed by atoms with van der Waals surface area (Å²) >= 11 is 0. The molecule has 80 valence electrons. The molecule has 0 fully saturated rings. The van der Waals surface area contributed by atoms with Crippen LogP contribution >= 0.6 is 0 Å². The maximum atomic E-state index is 12.7. The van der Waals surface area contributed by atoms with Crippen LogP contribution in [0, 0.1) is 23.0 Å². The fraction of sp³-hybridized carbons (Fsp3) is 0.300. The Morgan fingerprint density at radius 1 is 1.40 bits per heavy atom. The quantitative estimate of drug-likeness (QED) is 0.826. The lowest BCUT2D eigenvalue weighted by Gasteiger charge is -2.09. The number of nitrogens with zero attached hydrogens (tertiary/aromatic N) is 1. The first-order chi connectivity index (χ1) is 7.13. The highest BCUT2D eigenvalue weighted by atomic mass is 19.2. The number of benzene rings is 1. The summed E-state index contributed by atoms with van der Waals surface area (Å²) < 4.78 is 30.1. The second-order valence-corrected chi connectivity index (χ2v) is 2.90. The topological polar surface area (TPSA) is 53.2 Å². The van der Waals surface area contributed by atoms with Crippen molar-refractivity contribution >= 4 is 0 Å². The summed E-state index contributed by atoms with van der Waals surface area (Å²) in [5.74, 6) is -1.85. The Morgan fingerprint density at radius 2 is 2.13 bits per heavy atom. The number of hydrogen-bond acceptors (Lipinski definition) is 3. The Bertz CT molecular complexity index is 376. The van der Waals surface area contributed by atoms with Crippen molar-refractivity contribution in [3.63, 3.8) is 0 Å².